The van der Waals surface area contributed by atoms with E-state index in [9.17, 15) is 4.39 Å². The lowest BCUT2D eigenvalue weighted by Gasteiger charge is -2.01. The minimum atomic E-state index is -0.326. The summed E-state index contributed by atoms with van der Waals surface area (Å²) in [4.78, 5) is 3.88. The minimum Gasteiger partial charge on any atom is -0.369 e. The van der Waals surface area contributed by atoms with E-state index in [0.29, 0.717) is 11.3 Å². The number of nitrogens with two attached hydrogens (primary N) is 1. The Morgan fingerprint density at radius 2 is 2.36 bits per heavy atom. The second-order valence-corrected chi connectivity index (χ2v) is 2.66. The lowest BCUT2D eigenvalue weighted by molar-refractivity contribution is 0.627. The van der Waals surface area contributed by atoms with E-state index in [0.717, 1.165) is 0 Å². The first-order valence-electron chi connectivity index (χ1n) is 3.89. The van der Waals surface area contributed by atoms with E-state index in [1.54, 1.807) is 13.1 Å². The molecule has 0 fully saturated rings. The minimum absolute atomic E-state index is 0.0118. The molecule has 1 aromatic rings. The van der Waals surface area contributed by atoms with Crippen molar-refractivity contribution in [2.24, 2.45) is 10.7 Å². The number of hydrogen-bond acceptors (Lipinski definition) is 2. The Morgan fingerprint density at radius 1 is 1.64 bits per heavy atom. The number of benzene rings is 1. The third-order valence-electron chi connectivity index (χ3n) is 1.58. The summed E-state index contributed by atoms with van der Waals surface area (Å²) in [5.41, 5.74) is 6.54. The Balaban J connectivity index is 2.98. The Morgan fingerprint density at radius 3 is 2.93 bits per heavy atom. The monoisotopic (exact) mass is 192 g/mol. The van der Waals surface area contributed by atoms with Crippen molar-refractivity contribution >= 4 is 11.6 Å². The molecule has 0 aliphatic carbocycles. The maximum atomic E-state index is 12.7. The number of nitrogens with one attached hydrogen (secondary N) is 1. The van der Waals surface area contributed by atoms with Crippen molar-refractivity contribution in [1.82, 2.24) is 5.32 Å². The predicted molar refractivity (Wildman–Crippen MR) is 51.2 cm³/mol. The molecule has 0 atom stereocenters. The van der Waals surface area contributed by atoms with Crippen LogP contribution >= 0.6 is 0 Å². The molecule has 0 radical (unpaired) electrons. The maximum absolute atomic E-state index is 12.7. The molecular weight excluding hydrogens is 183 g/mol. The van der Waals surface area contributed by atoms with Crippen LogP contribution in [-0.2, 0) is 0 Å². The third-order valence-corrected chi connectivity index (χ3v) is 1.58. The Bertz CT molecular complexity index is 406. The number of nitrogens with zero attached hydrogens (tertiary/aromatic N) is 2. The van der Waals surface area contributed by atoms with Crippen molar-refractivity contribution in [3.05, 3.63) is 29.6 Å². The smallest absolute Gasteiger partial charge is 0.207 e. The van der Waals surface area contributed by atoms with Crippen LogP contribution < -0.4 is 11.1 Å². The molecule has 72 valence electrons. The van der Waals surface area contributed by atoms with Crippen molar-refractivity contribution in [1.29, 1.82) is 5.26 Å². The molecule has 0 aliphatic rings. The molecule has 0 unspecified atom stereocenters. The van der Waals surface area contributed by atoms with Gasteiger partial charge in [0, 0.05) is 0 Å². The zero-order chi connectivity index (χ0) is 10.6. The van der Waals surface area contributed by atoms with E-state index in [1.807, 2.05) is 0 Å². The second kappa shape index (κ2) is 4.23. The van der Waals surface area contributed by atoms with Crippen molar-refractivity contribution in [2.75, 3.05) is 0 Å². The van der Waals surface area contributed by atoms with E-state index in [4.69, 9.17) is 11.0 Å². The molecule has 0 bridgehead atoms. The van der Waals surface area contributed by atoms with E-state index in [-0.39, 0.29) is 11.8 Å². The van der Waals surface area contributed by atoms with Crippen LogP contribution in [0.15, 0.2) is 23.2 Å². The van der Waals surface area contributed by atoms with Gasteiger partial charge in [0.25, 0.3) is 0 Å². The standard InChI is InChI=1S/C9H9FN4/c1-6-4-7(10)2-3-8(6)14-9(12)13-5-11/h2-4H,1H3,(H3,12,13,14). The van der Waals surface area contributed by atoms with E-state index in [2.05, 4.69) is 10.3 Å². The summed E-state index contributed by atoms with van der Waals surface area (Å²) in [6, 6.07) is 4.13. The maximum Gasteiger partial charge on any atom is 0.207 e. The first-order chi connectivity index (χ1) is 6.63. The SMILES string of the molecule is Cc1cc(F)ccc1N=C(N)NC#N. The summed E-state index contributed by atoms with van der Waals surface area (Å²) in [6.07, 6.45) is 1.64. The molecule has 0 aliphatic heterocycles. The molecule has 4 nitrogen and oxygen atoms in total. The number of aliphatic imine (C=N–C) groups is 1. The van der Waals surface area contributed by atoms with Crippen LogP contribution in [-0.4, -0.2) is 5.96 Å². The van der Waals surface area contributed by atoms with Gasteiger partial charge in [0.2, 0.25) is 5.96 Å². The average molecular weight is 192 g/mol. The molecule has 0 heterocycles. The Labute approximate surface area is 80.9 Å². The molecule has 0 aromatic heterocycles. The van der Waals surface area contributed by atoms with Crippen molar-refractivity contribution < 1.29 is 4.39 Å². The van der Waals surface area contributed by atoms with Gasteiger partial charge in [-0.1, -0.05) is 0 Å². The Kier molecular flexibility index (Phi) is 3.02. The second-order valence-electron chi connectivity index (χ2n) is 2.66. The lowest BCUT2D eigenvalue weighted by atomic mass is 10.2. The highest BCUT2D eigenvalue weighted by atomic mass is 19.1. The molecule has 0 saturated carbocycles. The zero-order valence-corrected chi connectivity index (χ0v) is 7.58. The molecule has 1 aromatic carbocycles. The van der Waals surface area contributed by atoms with Gasteiger partial charge >= 0.3 is 0 Å². The molecule has 5 heteroatoms. The van der Waals surface area contributed by atoms with E-state index < -0.39 is 0 Å². The highest BCUT2D eigenvalue weighted by molar-refractivity contribution is 5.82. The lowest BCUT2D eigenvalue weighted by Crippen LogP contribution is -2.26. The van der Waals surface area contributed by atoms with Gasteiger partial charge in [-0.15, -0.1) is 0 Å². The first-order valence-corrected chi connectivity index (χ1v) is 3.89. The first kappa shape index (κ1) is 9.99. The van der Waals surface area contributed by atoms with Gasteiger partial charge in [-0.2, -0.15) is 5.26 Å². The van der Waals surface area contributed by atoms with Crippen LogP contribution in [0.3, 0.4) is 0 Å². The molecule has 1 rings (SSSR count). The summed E-state index contributed by atoms with van der Waals surface area (Å²) in [6.45, 7) is 1.71. The van der Waals surface area contributed by atoms with Crippen LogP contribution in [0.2, 0.25) is 0 Å². The van der Waals surface area contributed by atoms with Crippen LogP contribution in [0.25, 0.3) is 0 Å². The van der Waals surface area contributed by atoms with Crippen molar-refractivity contribution in [3.8, 4) is 6.19 Å². The van der Waals surface area contributed by atoms with Crippen LogP contribution in [0.1, 0.15) is 5.56 Å². The van der Waals surface area contributed by atoms with Crippen molar-refractivity contribution in [2.45, 2.75) is 6.92 Å². The van der Waals surface area contributed by atoms with Crippen LogP contribution in [0.5, 0.6) is 0 Å². The summed E-state index contributed by atoms with van der Waals surface area (Å²) in [5.74, 6) is -0.338. The van der Waals surface area contributed by atoms with Gasteiger partial charge in [0.1, 0.15) is 5.82 Å². The molecule has 14 heavy (non-hydrogen) atoms. The average Bonchev–Trinajstić information content (AvgIpc) is 2.10. The van der Waals surface area contributed by atoms with E-state index in [1.165, 1.54) is 18.2 Å². The van der Waals surface area contributed by atoms with Crippen LogP contribution in [0, 0.1) is 24.2 Å². The summed E-state index contributed by atoms with van der Waals surface area (Å²) in [7, 11) is 0. The molecule has 0 spiro atoms. The zero-order valence-electron chi connectivity index (χ0n) is 7.58. The molecule has 3 N–H and O–H groups in total. The number of hydrogen-bond donors (Lipinski definition) is 2. The topological polar surface area (TPSA) is 74.2 Å². The fourth-order valence-corrected chi connectivity index (χ4v) is 0.959. The summed E-state index contributed by atoms with van der Waals surface area (Å²) < 4.78 is 12.7. The quantitative estimate of drug-likeness (QED) is 0.303. The number of aryl methyl sites for hydroxylation is 1. The van der Waals surface area contributed by atoms with Gasteiger partial charge in [-0.3, -0.25) is 5.32 Å². The van der Waals surface area contributed by atoms with E-state index >= 15 is 0 Å². The van der Waals surface area contributed by atoms with Crippen LogP contribution in [0.4, 0.5) is 10.1 Å². The van der Waals surface area contributed by atoms with Crippen molar-refractivity contribution in [3.63, 3.8) is 0 Å². The summed E-state index contributed by atoms with van der Waals surface area (Å²) in [5, 5.41) is 10.4. The number of guanidine groups is 1. The predicted octanol–water partition coefficient (Wildman–Crippen LogP) is 1.15. The van der Waals surface area contributed by atoms with Gasteiger partial charge in [0.05, 0.1) is 5.69 Å². The fourth-order valence-electron chi connectivity index (χ4n) is 0.959. The molecule has 0 amide bonds. The summed E-state index contributed by atoms with van der Waals surface area (Å²) >= 11 is 0. The molecule has 0 saturated heterocycles. The largest absolute Gasteiger partial charge is 0.369 e. The number of nitriles is 1. The van der Waals surface area contributed by atoms with Gasteiger partial charge in [-0.25, -0.2) is 9.38 Å². The van der Waals surface area contributed by atoms with Gasteiger partial charge < -0.3 is 5.73 Å². The normalized spacial score (nSPS) is 10.8. The highest BCUT2D eigenvalue weighted by Crippen LogP contribution is 2.18. The van der Waals surface area contributed by atoms with Gasteiger partial charge in [-0.05, 0) is 30.7 Å². The highest BCUT2D eigenvalue weighted by Gasteiger charge is 1.99. The number of rotatable bonds is 1. The number of halogens is 1. The van der Waals surface area contributed by atoms with Gasteiger partial charge in [0.15, 0.2) is 6.19 Å². The fraction of sp³-hybridized carbons (Fsp3) is 0.111. The molecular formula is C9H9FN4. The third kappa shape index (κ3) is 2.45. The Hall–Kier alpha value is -2.09.